The smallest absolute Gasteiger partial charge is 0.236 e. The molecule has 1 amide bonds. The first-order valence-electron chi connectivity index (χ1n) is 5.98. The minimum Gasteiger partial charge on any atom is -0.353 e. The van der Waals surface area contributed by atoms with Gasteiger partial charge in [-0.2, -0.15) is 0 Å². The number of piperidine rings is 1. The molecule has 15 heavy (non-hydrogen) atoms. The zero-order chi connectivity index (χ0) is 10.5. The van der Waals surface area contributed by atoms with E-state index in [1.165, 1.54) is 12.8 Å². The van der Waals surface area contributed by atoms with Crippen LogP contribution in [0, 0.1) is 0 Å². The highest BCUT2D eigenvalue weighted by atomic mass is 16.2. The molecule has 0 radical (unpaired) electrons. The Hall–Kier alpha value is -0.610. The number of rotatable bonds is 0. The van der Waals surface area contributed by atoms with Crippen molar-refractivity contribution in [1.29, 1.82) is 0 Å². The van der Waals surface area contributed by atoms with Gasteiger partial charge in [-0.3, -0.25) is 10.1 Å². The summed E-state index contributed by atoms with van der Waals surface area (Å²) in [6.07, 6.45) is 4.93. The van der Waals surface area contributed by atoms with Crippen molar-refractivity contribution in [3.63, 3.8) is 0 Å². The Morgan fingerprint density at radius 2 is 1.93 bits per heavy atom. The molecule has 0 saturated carbocycles. The van der Waals surface area contributed by atoms with Crippen molar-refractivity contribution in [1.82, 2.24) is 16.0 Å². The van der Waals surface area contributed by atoms with Crippen molar-refractivity contribution in [2.24, 2.45) is 0 Å². The molecule has 2 unspecified atom stereocenters. The lowest BCUT2D eigenvalue weighted by molar-refractivity contribution is -0.126. The molecule has 2 bridgehead atoms. The first kappa shape index (κ1) is 9.60. The molecular weight excluding hydrogens is 190 g/mol. The van der Waals surface area contributed by atoms with Crippen LogP contribution in [-0.4, -0.2) is 36.1 Å². The fourth-order valence-electron chi connectivity index (χ4n) is 3.50. The zero-order valence-electron chi connectivity index (χ0n) is 9.18. The number of carbonyl (C=O) groups excluding carboxylic acids is 1. The Labute approximate surface area is 90.2 Å². The van der Waals surface area contributed by atoms with Crippen LogP contribution in [0.4, 0.5) is 0 Å². The summed E-state index contributed by atoms with van der Waals surface area (Å²) in [4.78, 5) is 11.4. The summed E-state index contributed by atoms with van der Waals surface area (Å²) in [6, 6.07) is 1.30. The maximum Gasteiger partial charge on any atom is 0.236 e. The van der Waals surface area contributed by atoms with Crippen LogP contribution in [0.5, 0.6) is 0 Å². The molecule has 0 aromatic carbocycles. The number of nitrogens with one attached hydrogen (secondary N) is 3. The molecule has 0 aromatic heterocycles. The van der Waals surface area contributed by atoms with Gasteiger partial charge in [-0.15, -0.1) is 0 Å². The molecule has 3 fully saturated rings. The summed E-state index contributed by atoms with van der Waals surface area (Å²) in [5.74, 6) is 0.145. The predicted molar refractivity (Wildman–Crippen MR) is 57.5 cm³/mol. The molecule has 1 spiro atoms. The van der Waals surface area contributed by atoms with Gasteiger partial charge in [-0.25, -0.2) is 0 Å². The van der Waals surface area contributed by atoms with E-state index < -0.39 is 0 Å². The molecule has 0 aromatic rings. The quantitative estimate of drug-likeness (QED) is 0.515. The van der Waals surface area contributed by atoms with Gasteiger partial charge in [0.25, 0.3) is 0 Å². The second kappa shape index (κ2) is 3.19. The third kappa shape index (κ3) is 1.56. The van der Waals surface area contributed by atoms with E-state index in [1.54, 1.807) is 0 Å². The topological polar surface area (TPSA) is 53.2 Å². The van der Waals surface area contributed by atoms with E-state index in [4.69, 9.17) is 0 Å². The molecule has 3 rings (SSSR count). The standard InChI is InChI=1S/C11H19N3O/c1-7-10(15)12-6-11(14-7)4-8-2-3-9(5-11)13-8/h7-9,13-14H,2-6H2,1H3,(H,12,15)/t7-,8?,9?,11?/m0/s1. The van der Waals surface area contributed by atoms with Crippen LogP contribution in [0.15, 0.2) is 0 Å². The highest BCUT2D eigenvalue weighted by molar-refractivity contribution is 5.82. The summed E-state index contributed by atoms with van der Waals surface area (Å²) in [6.45, 7) is 2.77. The van der Waals surface area contributed by atoms with Crippen LogP contribution >= 0.6 is 0 Å². The molecule has 3 aliphatic rings. The zero-order valence-corrected chi connectivity index (χ0v) is 9.18. The minimum absolute atomic E-state index is 0.0313. The Morgan fingerprint density at radius 1 is 1.27 bits per heavy atom. The van der Waals surface area contributed by atoms with E-state index in [0.717, 1.165) is 19.4 Å². The van der Waals surface area contributed by atoms with E-state index >= 15 is 0 Å². The first-order chi connectivity index (χ1) is 7.17. The maximum absolute atomic E-state index is 11.4. The number of amides is 1. The van der Waals surface area contributed by atoms with Gasteiger partial charge in [-0.05, 0) is 32.6 Å². The van der Waals surface area contributed by atoms with Crippen LogP contribution in [-0.2, 0) is 4.79 Å². The summed E-state index contributed by atoms with van der Waals surface area (Å²) in [5.41, 5.74) is 0.171. The van der Waals surface area contributed by atoms with Crippen molar-refractivity contribution in [3.05, 3.63) is 0 Å². The van der Waals surface area contributed by atoms with Gasteiger partial charge in [0.2, 0.25) is 5.91 Å². The van der Waals surface area contributed by atoms with Gasteiger partial charge in [-0.1, -0.05) is 0 Å². The molecule has 3 N–H and O–H groups in total. The Kier molecular flexibility index (Phi) is 2.04. The summed E-state index contributed by atoms with van der Waals surface area (Å²) >= 11 is 0. The van der Waals surface area contributed by atoms with E-state index in [2.05, 4.69) is 16.0 Å². The van der Waals surface area contributed by atoms with E-state index in [-0.39, 0.29) is 17.5 Å². The number of piperazine rings is 1. The van der Waals surface area contributed by atoms with E-state index in [1.807, 2.05) is 6.92 Å². The van der Waals surface area contributed by atoms with Gasteiger partial charge in [0, 0.05) is 24.2 Å². The van der Waals surface area contributed by atoms with Gasteiger partial charge in [0.1, 0.15) is 0 Å². The molecule has 3 aliphatic heterocycles. The lowest BCUT2D eigenvalue weighted by Crippen LogP contribution is -2.69. The lowest BCUT2D eigenvalue weighted by atomic mass is 9.81. The number of fused-ring (bicyclic) bond motifs is 2. The molecule has 84 valence electrons. The summed E-state index contributed by atoms with van der Waals surface area (Å²) in [5, 5.41) is 10.2. The van der Waals surface area contributed by atoms with Crippen LogP contribution in [0.2, 0.25) is 0 Å². The molecule has 4 heteroatoms. The Balaban J connectivity index is 1.77. The Bertz CT molecular complexity index is 280. The van der Waals surface area contributed by atoms with Crippen molar-refractivity contribution < 1.29 is 4.79 Å². The van der Waals surface area contributed by atoms with Crippen LogP contribution in [0.3, 0.4) is 0 Å². The molecular formula is C11H19N3O. The molecule has 0 aliphatic carbocycles. The molecule has 3 heterocycles. The number of carbonyl (C=O) groups is 1. The average Bonchev–Trinajstić information content (AvgIpc) is 2.54. The monoisotopic (exact) mass is 209 g/mol. The van der Waals surface area contributed by atoms with E-state index in [9.17, 15) is 4.79 Å². The third-order valence-corrected chi connectivity index (χ3v) is 4.13. The predicted octanol–water partition coefficient (Wildman–Crippen LogP) is -0.252. The minimum atomic E-state index is -0.0313. The molecule has 3 atom stereocenters. The van der Waals surface area contributed by atoms with Crippen molar-refractivity contribution >= 4 is 5.91 Å². The van der Waals surface area contributed by atoms with Gasteiger partial charge in [0.05, 0.1) is 6.04 Å². The largest absolute Gasteiger partial charge is 0.353 e. The van der Waals surface area contributed by atoms with Crippen molar-refractivity contribution in [3.8, 4) is 0 Å². The number of hydrogen-bond donors (Lipinski definition) is 3. The summed E-state index contributed by atoms with van der Waals surface area (Å²) in [7, 11) is 0. The number of hydrogen-bond acceptors (Lipinski definition) is 3. The second-order valence-electron chi connectivity index (χ2n) is 5.41. The average molecular weight is 209 g/mol. The highest BCUT2D eigenvalue weighted by Crippen LogP contribution is 2.34. The lowest BCUT2D eigenvalue weighted by Gasteiger charge is -2.46. The molecule has 4 nitrogen and oxygen atoms in total. The fraction of sp³-hybridized carbons (Fsp3) is 0.909. The second-order valence-corrected chi connectivity index (χ2v) is 5.41. The fourth-order valence-corrected chi connectivity index (χ4v) is 3.50. The maximum atomic E-state index is 11.4. The SMILES string of the molecule is C[C@@H]1NC2(CNC1=O)CC1CCC(C2)N1. The van der Waals surface area contributed by atoms with Gasteiger partial charge in [0.15, 0.2) is 0 Å². The third-order valence-electron chi connectivity index (χ3n) is 4.13. The van der Waals surface area contributed by atoms with E-state index in [0.29, 0.717) is 12.1 Å². The highest BCUT2D eigenvalue weighted by Gasteiger charge is 2.46. The van der Waals surface area contributed by atoms with Crippen LogP contribution in [0.25, 0.3) is 0 Å². The van der Waals surface area contributed by atoms with Gasteiger partial charge >= 0.3 is 0 Å². The molecule has 3 saturated heterocycles. The Morgan fingerprint density at radius 3 is 2.53 bits per heavy atom. The van der Waals surface area contributed by atoms with Crippen molar-refractivity contribution in [2.45, 2.75) is 56.3 Å². The van der Waals surface area contributed by atoms with Gasteiger partial charge < -0.3 is 10.6 Å². The summed E-state index contributed by atoms with van der Waals surface area (Å²) < 4.78 is 0. The normalized spacial score (nSPS) is 49.4. The van der Waals surface area contributed by atoms with Crippen LogP contribution in [0.1, 0.15) is 32.6 Å². The van der Waals surface area contributed by atoms with Crippen molar-refractivity contribution in [2.75, 3.05) is 6.54 Å². The first-order valence-corrected chi connectivity index (χ1v) is 5.98. The van der Waals surface area contributed by atoms with Crippen LogP contribution < -0.4 is 16.0 Å².